The van der Waals surface area contributed by atoms with Gasteiger partial charge in [0.2, 0.25) is 0 Å². The van der Waals surface area contributed by atoms with Gasteiger partial charge in [-0.1, -0.05) is 12.2 Å². The summed E-state index contributed by atoms with van der Waals surface area (Å²) < 4.78 is 2.17. The molecule has 0 atom stereocenters. The van der Waals surface area contributed by atoms with Gasteiger partial charge in [-0.2, -0.15) is 0 Å². The summed E-state index contributed by atoms with van der Waals surface area (Å²) in [6, 6.07) is 8.20. The van der Waals surface area contributed by atoms with Crippen LogP contribution in [0.5, 0.6) is 0 Å². The Morgan fingerprint density at radius 1 is 1.24 bits per heavy atom. The Morgan fingerprint density at radius 3 is 2.80 bits per heavy atom. The molecule has 3 rings (SSSR count). The van der Waals surface area contributed by atoms with Crippen LogP contribution in [-0.2, 0) is 13.5 Å². The van der Waals surface area contributed by atoms with Crippen molar-refractivity contribution < 1.29 is 0 Å². The number of aryl methyl sites for hydroxylation is 2. The van der Waals surface area contributed by atoms with Gasteiger partial charge < -0.3 is 4.57 Å². The summed E-state index contributed by atoms with van der Waals surface area (Å²) in [5, 5.41) is 1.10. The van der Waals surface area contributed by atoms with Gasteiger partial charge in [-0.3, -0.25) is 9.98 Å². The number of fused-ring (bicyclic) bond motifs is 3. The average Bonchev–Trinajstić information content (AvgIpc) is 2.89. The molecule has 2 heterocycles. The minimum atomic E-state index is 0.864. The maximum atomic E-state index is 4.88. The number of hydrogen-bond acceptors (Lipinski definition) is 3. The molecule has 25 heavy (non-hydrogen) atoms. The smallest absolute Gasteiger partial charge is 0.110 e. The third kappa shape index (κ3) is 3.68. The highest BCUT2D eigenvalue weighted by Gasteiger charge is 2.11. The molecule has 1 aromatic carbocycles. The topological polar surface area (TPSA) is 43.1 Å². The van der Waals surface area contributed by atoms with Crippen LogP contribution >= 0.6 is 0 Å². The Morgan fingerprint density at radius 2 is 2.04 bits per heavy atom. The maximum absolute atomic E-state index is 4.88. The summed E-state index contributed by atoms with van der Waals surface area (Å²) in [6.07, 6.45) is 5.56. The monoisotopic (exact) mass is 332 g/mol. The molecule has 0 unspecified atom stereocenters. The molecule has 0 saturated heterocycles. The first-order valence-corrected chi connectivity index (χ1v) is 8.52. The molecule has 0 fully saturated rings. The van der Waals surface area contributed by atoms with Crippen LogP contribution < -0.4 is 0 Å². The summed E-state index contributed by atoms with van der Waals surface area (Å²) in [4.78, 5) is 13.9. The van der Waals surface area contributed by atoms with E-state index in [4.69, 9.17) is 4.98 Å². The largest absolute Gasteiger partial charge is 0.331 e. The lowest BCUT2D eigenvalue weighted by atomic mass is 10.2. The molecular formula is C21H24N4. The first-order valence-electron chi connectivity index (χ1n) is 8.52. The Balaban J connectivity index is 1.87. The minimum Gasteiger partial charge on any atom is -0.331 e. The van der Waals surface area contributed by atoms with Gasteiger partial charge in [0.15, 0.2) is 0 Å². The van der Waals surface area contributed by atoms with Crippen molar-refractivity contribution in [1.29, 1.82) is 0 Å². The SMILES string of the molecule is C=C(C)/C=C(/C)N=C(C)CCc1nc2c3cccnc3ccc2n1C. The van der Waals surface area contributed by atoms with E-state index in [1.165, 1.54) is 0 Å². The number of aromatic nitrogens is 3. The molecule has 0 amide bonds. The lowest BCUT2D eigenvalue weighted by Crippen LogP contribution is -2.02. The van der Waals surface area contributed by atoms with Gasteiger partial charge >= 0.3 is 0 Å². The molecule has 0 N–H and O–H groups in total. The first kappa shape index (κ1) is 17.1. The second-order valence-corrected chi connectivity index (χ2v) is 6.57. The van der Waals surface area contributed by atoms with Crippen LogP contribution in [0.1, 0.15) is 33.0 Å². The van der Waals surface area contributed by atoms with Crippen molar-refractivity contribution in [3.8, 4) is 0 Å². The van der Waals surface area contributed by atoms with E-state index < -0.39 is 0 Å². The lowest BCUT2D eigenvalue weighted by molar-refractivity contribution is 0.806. The van der Waals surface area contributed by atoms with Crippen molar-refractivity contribution in [3.05, 3.63) is 60.2 Å². The molecule has 0 aliphatic heterocycles. The third-order valence-electron chi connectivity index (χ3n) is 4.26. The minimum absolute atomic E-state index is 0.864. The highest BCUT2D eigenvalue weighted by molar-refractivity contribution is 6.02. The van der Waals surface area contributed by atoms with Gasteiger partial charge in [-0.05, 0) is 57.5 Å². The molecule has 4 nitrogen and oxygen atoms in total. The molecular weight excluding hydrogens is 308 g/mol. The molecule has 0 radical (unpaired) electrons. The van der Waals surface area contributed by atoms with E-state index >= 15 is 0 Å². The lowest BCUT2D eigenvalue weighted by Gasteiger charge is -2.03. The number of imidazole rings is 1. The van der Waals surface area contributed by atoms with E-state index in [1.807, 2.05) is 32.2 Å². The van der Waals surface area contributed by atoms with E-state index in [9.17, 15) is 0 Å². The van der Waals surface area contributed by atoms with Crippen molar-refractivity contribution in [3.63, 3.8) is 0 Å². The van der Waals surface area contributed by atoms with Gasteiger partial charge in [0.05, 0.1) is 16.6 Å². The Kier molecular flexibility index (Phi) is 4.79. The van der Waals surface area contributed by atoms with Crippen LogP contribution in [0.15, 0.2) is 59.4 Å². The number of benzene rings is 1. The van der Waals surface area contributed by atoms with Crippen molar-refractivity contribution >= 4 is 27.6 Å². The van der Waals surface area contributed by atoms with Crippen molar-refractivity contribution in [1.82, 2.24) is 14.5 Å². The van der Waals surface area contributed by atoms with Gasteiger partial charge in [0, 0.05) is 36.5 Å². The van der Waals surface area contributed by atoms with E-state index in [-0.39, 0.29) is 0 Å². The van der Waals surface area contributed by atoms with Crippen LogP contribution in [0.3, 0.4) is 0 Å². The van der Waals surface area contributed by atoms with E-state index in [2.05, 4.69) is 53.3 Å². The Labute approximate surface area is 148 Å². The molecule has 0 aliphatic rings. The molecule has 128 valence electrons. The molecule has 2 aromatic heterocycles. The van der Waals surface area contributed by atoms with Gasteiger partial charge in [0.1, 0.15) is 5.82 Å². The van der Waals surface area contributed by atoms with Gasteiger partial charge in [0.25, 0.3) is 0 Å². The number of allylic oxidation sites excluding steroid dienone is 3. The van der Waals surface area contributed by atoms with Gasteiger partial charge in [-0.25, -0.2) is 4.98 Å². The summed E-state index contributed by atoms with van der Waals surface area (Å²) in [5.74, 6) is 1.07. The number of aliphatic imine (C=N–C) groups is 1. The van der Waals surface area contributed by atoms with Gasteiger partial charge in [-0.15, -0.1) is 0 Å². The molecule has 0 aliphatic carbocycles. The average molecular weight is 332 g/mol. The standard InChI is InChI=1S/C21H24N4/c1-14(2)13-16(4)23-15(3)8-11-20-24-21-17-7-6-12-22-18(17)9-10-19(21)25(20)5/h6-7,9-10,12-13H,1,8,11H2,2-5H3/b16-13-,23-15?. The van der Waals surface area contributed by atoms with E-state index in [0.717, 1.165) is 57.6 Å². The van der Waals surface area contributed by atoms with Crippen LogP contribution in [0, 0.1) is 0 Å². The summed E-state index contributed by atoms with van der Waals surface area (Å²) in [5.41, 5.74) is 6.27. The predicted molar refractivity (Wildman–Crippen MR) is 106 cm³/mol. The van der Waals surface area contributed by atoms with Crippen molar-refractivity contribution in [2.24, 2.45) is 12.0 Å². The quantitative estimate of drug-likeness (QED) is 0.488. The Bertz CT molecular complexity index is 1010. The summed E-state index contributed by atoms with van der Waals surface area (Å²) in [6.45, 7) is 9.95. The molecule has 0 spiro atoms. The van der Waals surface area contributed by atoms with Crippen LogP contribution in [0.4, 0.5) is 0 Å². The zero-order valence-corrected chi connectivity index (χ0v) is 15.4. The normalized spacial score (nSPS) is 13.0. The number of nitrogens with zero attached hydrogens (tertiary/aromatic N) is 4. The van der Waals surface area contributed by atoms with Crippen LogP contribution in [-0.4, -0.2) is 20.2 Å². The summed E-state index contributed by atoms with van der Waals surface area (Å²) in [7, 11) is 2.07. The second-order valence-electron chi connectivity index (χ2n) is 6.57. The van der Waals surface area contributed by atoms with Crippen molar-refractivity contribution in [2.75, 3.05) is 0 Å². The fourth-order valence-corrected chi connectivity index (χ4v) is 3.12. The maximum Gasteiger partial charge on any atom is 0.110 e. The van der Waals surface area contributed by atoms with E-state index in [1.54, 1.807) is 0 Å². The molecule has 4 heteroatoms. The highest BCUT2D eigenvalue weighted by atomic mass is 15.1. The fraction of sp³-hybridized carbons (Fsp3) is 0.286. The predicted octanol–water partition coefficient (Wildman–Crippen LogP) is 4.99. The number of hydrogen-bond donors (Lipinski definition) is 0. The fourth-order valence-electron chi connectivity index (χ4n) is 3.12. The zero-order chi connectivity index (χ0) is 18.0. The second kappa shape index (κ2) is 7.01. The molecule has 0 bridgehead atoms. The number of pyridine rings is 1. The third-order valence-corrected chi connectivity index (χ3v) is 4.26. The number of rotatable bonds is 5. The zero-order valence-electron chi connectivity index (χ0n) is 15.4. The first-order chi connectivity index (χ1) is 12.0. The Hall–Kier alpha value is -2.75. The van der Waals surface area contributed by atoms with Crippen molar-refractivity contribution in [2.45, 2.75) is 33.6 Å². The van der Waals surface area contributed by atoms with Crippen LogP contribution in [0.25, 0.3) is 21.9 Å². The summed E-state index contributed by atoms with van der Waals surface area (Å²) >= 11 is 0. The molecule has 3 aromatic rings. The van der Waals surface area contributed by atoms with Crippen LogP contribution in [0.2, 0.25) is 0 Å². The van der Waals surface area contributed by atoms with E-state index in [0.29, 0.717) is 0 Å². The highest BCUT2D eigenvalue weighted by Crippen LogP contribution is 2.24. The molecule has 0 saturated carbocycles.